The number of nitrogens with two attached hydrogens (primary N) is 1. The van der Waals surface area contributed by atoms with E-state index in [2.05, 4.69) is 20.9 Å². The van der Waals surface area contributed by atoms with Gasteiger partial charge in [-0.05, 0) is 63.3 Å². The number of Topliss-reactive ketones (excluding diaryl/α,β-unsaturated/α-hetero) is 1. The van der Waals surface area contributed by atoms with E-state index in [1.165, 1.54) is 40.0 Å². The summed E-state index contributed by atoms with van der Waals surface area (Å²) in [6, 6.07) is 2.93. The van der Waals surface area contributed by atoms with Gasteiger partial charge in [0.1, 0.15) is 23.2 Å². The van der Waals surface area contributed by atoms with E-state index in [0.29, 0.717) is 25.0 Å². The largest absolute Gasteiger partial charge is 0.384 e. The van der Waals surface area contributed by atoms with Gasteiger partial charge in [-0.15, -0.1) is 5.10 Å². The van der Waals surface area contributed by atoms with Gasteiger partial charge in [-0.2, -0.15) is 0 Å². The first-order valence-electron chi connectivity index (χ1n) is 19.4. The number of sulfone groups is 1. The van der Waals surface area contributed by atoms with E-state index >= 15 is 0 Å². The second-order valence-corrected chi connectivity index (χ2v) is 18.4. The first-order valence-corrected chi connectivity index (χ1v) is 21.0. The van der Waals surface area contributed by atoms with Crippen molar-refractivity contribution in [3.05, 3.63) is 41.7 Å². The number of carbonyl (C=O) groups is 5. The van der Waals surface area contributed by atoms with Crippen LogP contribution in [0.1, 0.15) is 119 Å². The third kappa shape index (κ3) is 8.78. The number of aliphatic hydroxyl groups is 1. The highest BCUT2D eigenvalue weighted by atomic mass is 32.2. The van der Waals surface area contributed by atoms with Gasteiger partial charge in [-0.3, -0.25) is 24.0 Å². The van der Waals surface area contributed by atoms with E-state index in [1.807, 2.05) is 0 Å². The van der Waals surface area contributed by atoms with Crippen molar-refractivity contribution in [3.8, 4) is 0 Å². The molecule has 17 heteroatoms. The molecule has 0 radical (unpaired) electrons. The van der Waals surface area contributed by atoms with Gasteiger partial charge in [-0.1, -0.05) is 50.2 Å². The summed E-state index contributed by atoms with van der Waals surface area (Å²) in [5.74, 6) is -3.79. The summed E-state index contributed by atoms with van der Waals surface area (Å²) >= 11 is 0. The molecule has 0 bridgehead atoms. The van der Waals surface area contributed by atoms with Crippen LogP contribution in [0.15, 0.2) is 35.4 Å². The predicted octanol–water partition coefficient (Wildman–Crippen LogP) is 1.85. The van der Waals surface area contributed by atoms with Crippen LogP contribution in [-0.2, 0) is 39.4 Å². The van der Waals surface area contributed by atoms with Crippen LogP contribution in [0.2, 0.25) is 0 Å². The summed E-state index contributed by atoms with van der Waals surface area (Å²) in [4.78, 5) is 69.9. The maximum atomic E-state index is 14.8. The van der Waals surface area contributed by atoms with Crippen molar-refractivity contribution in [2.45, 2.75) is 137 Å². The normalized spacial score (nSPS) is 22.9. The maximum Gasteiger partial charge on any atom is 0.287 e. The lowest BCUT2D eigenvalue weighted by Gasteiger charge is -2.37. The van der Waals surface area contributed by atoms with Crippen molar-refractivity contribution in [2.75, 3.05) is 19.8 Å². The van der Waals surface area contributed by atoms with Gasteiger partial charge < -0.3 is 31.1 Å². The van der Waals surface area contributed by atoms with E-state index in [-0.39, 0.29) is 55.4 Å². The Balaban J connectivity index is 1.30. The molecule has 6 rings (SSSR count). The molecule has 3 atom stereocenters. The molecular weight excluding hydrogens is 731 g/mol. The van der Waals surface area contributed by atoms with Crippen LogP contribution in [0.5, 0.6) is 0 Å². The van der Waals surface area contributed by atoms with Gasteiger partial charge in [0.2, 0.25) is 17.6 Å². The minimum absolute atomic E-state index is 0.0116. The second-order valence-electron chi connectivity index (χ2n) is 16.1. The SMILES string of the molecule is CC(C)(O)c1cnnn1[C@H]1C[C@@H](C(=O)NC2(C(=O)C(N)=O)CCOCC2)N(C(=O)[C@@H](CC2CCCCC2)NC(=O)c2ccc(S(=O)(=O)C3CCCC3)cc2)C1. The van der Waals surface area contributed by atoms with Gasteiger partial charge >= 0.3 is 0 Å². The van der Waals surface area contributed by atoms with Crippen LogP contribution >= 0.6 is 0 Å². The fourth-order valence-electron chi connectivity index (χ4n) is 8.72. The van der Waals surface area contributed by atoms with Gasteiger partial charge in [-0.25, -0.2) is 13.1 Å². The molecule has 55 heavy (non-hydrogen) atoms. The molecule has 4 fully saturated rings. The van der Waals surface area contributed by atoms with Crippen LogP contribution < -0.4 is 16.4 Å². The molecular formula is C38H53N7O9S. The molecule has 4 aliphatic rings. The monoisotopic (exact) mass is 783 g/mol. The number of hydrogen-bond acceptors (Lipinski definition) is 11. The predicted molar refractivity (Wildman–Crippen MR) is 198 cm³/mol. The molecule has 1 aromatic heterocycles. The summed E-state index contributed by atoms with van der Waals surface area (Å²) in [7, 11) is -3.54. The minimum atomic E-state index is -3.54. The zero-order chi connectivity index (χ0) is 39.5. The summed E-state index contributed by atoms with van der Waals surface area (Å²) in [6.45, 7) is 3.31. The average Bonchev–Trinajstić information content (AvgIpc) is 3.97. The highest BCUT2D eigenvalue weighted by Gasteiger charge is 2.49. The Morgan fingerprint density at radius 3 is 2.25 bits per heavy atom. The third-order valence-corrected chi connectivity index (χ3v) is 14.1. The molecule has 2 saturated carbocycles. The van der Waals surface area contributed by atoms with Gasteiger partial charge in [0.05, 0.1) is 28.1 Å². The Morgan fingerprint density at radius 1 is 1.00 bits per heavy atom. The number of likely N-dealkylation sites (tertiary alicyclic amines) is 1. The third-order valence-electron chi connectivity index (χ3n) is 11.9. The zero-order valence-corrected chi connectivity index (χ0v) is 32.4. The lowest BCUT2D eigenvalue weighted by molar-refractivity contribution is -0.147. The van der Waals surface area contributed by atoms with Crippen LogP contribution in [0.4, 0.5) is 0 Å². The number of nitrogens with zero attached hydrogens (tertiary/aromatic N) is 4. The molecule has 3 heterocycles. The van der Waals surface area contributed by atoms with Gasteiger partial charge in [0.15, 0.2) is 9.84 Å². The molecule has 5 N–H and O–H groups in total. The number of benzene rings is 1. The molecule has 2 aromatic rings. The fourth-order valence-corrected chi connectivity index (χ4v) is 10.6. The number of primary amides is 1. The molecule has 1 aromatic carbocycles. The molecule has 0 unspecified atom stereocenters. The smallest absolute Gasteiger partial charge is 0.287 e. The van der Waals surface area contributed by atoms with Gasteiger partial charge in [0.25, 0.3) is 11.8 Å². The Morgan fingerprint density at radius 2 is 1.64 bits per heavy atom. The first-order chi connectivity index (χ1) is 26.1. The zero-order valence-electron chi connectivity index (χ0n) is 31.6. The maximum absolute atomic E-state index is 14.8. The standard InChI is InChI=1S/C38H53N7O9S/c1-37(2,51)31-22-40-43-45(31)26-21-30(35(49)42-38(32(46)33(39)47)16-18-54-19-17-38)44(23-26)36(50)29(20-24-8-4-3-5-9-24)41-34(48)25-12-14-28(15-13-25)55(52,53)27-10-6-7-11-27/h12-15,22,24,26-27,29-30,51H,3-11,16-21,23H2,1-2H3,(H2,39,47)(H,41,48)(H,42,49)/t26-,29+,30-/m0/s1. The van der Waals surface area contributed by atoms with Crippen LogP contribution in [0.25, 0.3) is 0 Å². The van der Waals surface area contributed by atoms with E-state index in [0.717, 1.165) is 44.9 Å². The van der Waals surface area contributed by atoms with E-state index < -0.39 is 73.8 Å². The van der Waals surface area contributed by atoms with E-state index in [9.17, 15) is 37.5 Å². The van der Waals surface area contributed by atoms with Crippen molar-refractivity contribution in [3.63, 3.8) is 0 Å². The Hall–Kier alpha value is -4.22. The molecule has 2 aliphatic carbocycles. The molecule has 2 aliphatic heterocycles. The Bertz CT molecular complexity index is 1860. The molecule has 300 valence electrons. The van der Waals surface area contributed by atoms with Crippen LogP contribution in [0, 0.1) is 5.92 Å². The molecule has 0 spiro atoms. The van der Waals surface area contributed by atoms with Crippen molar-refractivity contribution in [1.82, 2.24) is 30.5 Å². The second kappa shape index (κ2) is 16.5. The number of ketones is 1. The van der Waals surface area contributed by atoms with E-state index in [4.69, 9.17) is 10.5 Å². The van der Waals surface area contributed by atoms with Crippen LogP contribution in [-0.4, -0.2) is 105 Å². The number of rotatable bonds is 13. The number of amides is 4. The first kappa shape index (κ1) is 40.4. The van der Waals surface area contributed by atoms with Gasteiger partial charge in [0, 0.05) is 44.6 Å². The lowest BCUT2D eigenvalue weighted by atomic mass is 9.84. The number of aromatic nitrogens is 3. The van der Waals surface area contributed by atoms with Crippen molar-refractivity contribution in [2.24, 2.45) is 11.7 Å². The summed E-state index contributed by atoms with van der Waals surface area (Å²) in [5, 5.41) is 24.3. The van der Waals surface area contributed by atoms with Crippen molar-refractivity contribution < 1.29 is 42.2 Å². The Labute approximate surface area is 321 Å². The van der Waals surface area contributed by atoms with Crippen molar-refractivity contribution >= 4 is 39.2 Å². The van der Waals surface area contributed by atoms with Crippen LogP contribution in [0.3, 0.4) is 0 Å². The highest BCUT2D eigenvalue weighted by molar-refractivity contribution is 7.92. The quantitative estimate of drug-likeness (QED) is 0.214. The molecule has 16 nitrogen and oxygen atoms in total. The summed E-state index contributed by atoms with van der Waals surface area (Å²) in [5.41, 5.74) is 2.99. The minimum Gasteiger partial charge on any atom is -0.384 e. The van der Waals surface area contributed by atoms with Crippen molar-refractivity contribution in [1.29, 1.82) is 0 Å². The number of hydrogen-bond donors (Lipinski definition) is 4. The molecule has 4 amide bonds. The fraction of sp³-hybridized carbons (Fsp3) is 0.658. The highest BCUT2D eigenvalue weighted by Crippen LogP contribution is 2.35. The summed E-state index contributed by atoms with van der Waals surface area (Å²) < 4.78 is 33.3. The van der Waals surface area contributed by atoms with E-state index in [1.54, 1.807) is 13.8 Å². The number of nitrogens with one attached hydrogen (secondary N) is 2. The number of ether oxygens (including phenoxy) is 1. The Kier molecular flexibility index (Phi) is 12.1. The lowest BCUT2D eigenvalue weighted by Crippen LogP contribution is -2.64. The molecule has 2 saturated heterocycles. The average molecular weight is 784 g/mol. The topological polar surface area (TPSA) is 233 Å². The summed E-state index contributed by atoms with van der Waals surface area (Å²) in [6.07, 6.45) is 9.51. The number of carbonyl (C=O) groups excluding carboxylic acids is 5.